The van der Waals surface area contributed by atoms with Crippen molar-refractivity contribution in [1.82, 2.24) is 4.98 Å². The van der Waals surface area contributed by atoms with E-state index in [9.17, 15) is 14.9 Å². The van der Waals surface area contributed by atoms with E-state index in [2.05, 4.69) is 4.98 Å². The lowest BCUT2D eigenvalue weighted by atomic mass is 10.1. The molecule has 0 saturated carbocycles. The molecular weight excluding hydrogens is 288 g/mol. The quantitative estimate of drug-likeness (QED) is 0.372. The van der Waals surface area contributed by atoms with Gasteiger partial charge in [-0.2, -0.15) is 0 Å². The minimum atomic E-state index is -0.878. The number of pyridine rings is 1. The van der Waals surface area contributed by atoms with Crippen LogP contribution in [0.5, 0.6) is 5.75 Å². The number of aromatic nitrogens is 1. The van der Waals surface area contributed by atoms with Crippen molar-refractivity contribution in [2.75, 3.05) is 0 Å². The zero-order chi connectivity index (χ0) is 16.1. The molecule has 0 spiro atoms. The van der Waals surface area contributed by atoms with Crippen molar-refractivity contribution < 1.29 is 19.2 Å². The fraction of sp³-hybridized carbons (Fsp3) is 0.200. The van der Waals surface area contributed by atoms with Crippen LogP contribution in [0.4, 0.5) is 10.5 Å². The lowest BCUT2D eigenvalue weighted by molar-refractivity contribution is -0.384. The Bertz CT molecular complexity index is 677. The van der Waals surface area contributed by atoms with Crippen molar-refractivity contribution >= 4 is 11.8 Å². The minimum Gasteiger partial charge on any atom is -0.429 e. The fourth-order valence-corrected chi connectivity index (χ4v) is 1.84. The molecule has 2 rings (SSSR count). The maximum Gasteiger partial charge on any atom is 0.514 e. The molecular formula is C15H14N2O5. The normalized spacial score (nSPS) is 10.1. The van der Waals surface area contributed by atoms with Gasteiger partial charge in [0.25, 0.3) is 5.69 Å². The molecule has 2 aromatic rings. The summed E-state index contributed by atoms with van der Waals surface area (Å²) in [5.74, 6) is 0.176. The largest absolute Gasteiger partial charge is 0.514 e. The molecule has 0 radical (unpaired) electrons. The number of hydrogen-bond acceptors (Lipinski definition) is 6. The van der Waals surface area contributed by atoms with Gasteiger partial charge in [0, 0.05) is 29.6 Å². The second-order valence-corrected chi connectivity index (χ2v) is 4.58. The topological polar surface area (TPSA) is 91.6 Å². The van der Waals surface area contributed by atoms with Crippen molar-refractivity contribution in [2.45, 2.75) is 20.5 Å². The number of nitro groups is 1. The maximum absolute atomic E-state index is 11.6. The molecule has 0 aliphatic rings. The average Bonchev–Trinajstić information content (AvgIpc) is 2.47. The van der Waals surface area contributed by atoms with Crippen LogP contribution in [0.1, 0.15) is 16.8 Å². The number of non-ortho nitro benzene ring substituents is 1. The molecule has 1 heterocycles. The van der Waals surface area contributed by atoms with Crippen LogP contribution >= 0.6 is 0 Å². The summed E-state index contributed by atoms with van der Waals surface area (Å²) >= 11 is 0. The average molecular weight is 302 g/mol. The SMILES string of the molecule is Cc1ccnc(C)c1COC(=O)Oc1ccc([N+](=O)[O-])cc1. The highest BCUT2D eigenvalue weighted by Crippen LogP contribution is 2.18. The Labute approximate surface area is 126 Å². The van der Waals surface area contributed by atoms with Crippen LogP contribution in [0, 0.1) is 24.0 Å². The minimum absolute atomic E-state index is 0.0529. The van der Waals surface area contributed by atoms with Crippen LogP contribution in [0.25, 0.3) is 0 Å². The molecule has 114 valence electrons. The maximum atomic E-state index is 11.6. The van der Waals surface area contributed by atoms with Gasteiger partial charge in [-0.25, -0.2) is 4.79 Å². The van der Waals surface area contributed by atoms with Crippen molar-refractivity contribution in [1.29, 1.82) is 0 Å². The lowest BCUT2D eigenvalue weighted by Gasteiger charge is -2.09. The number of rotatable bonds is 4. The number of aryl methyl sites for hydroxylation is 2. The molecule has 22 heavy (non-hydrogen) atoms. The highest BCUT2D eigenvalue weighted by atomic mass is 16.7. The monoisotopic (exact) mass is 302 g/mol. The van der Waals surface area contributed by atoms with Crippen molar-refractivity contribution in [3.05, 3.63) is 63.5 Å². The first-order valence-electron chi connectivity index (χ1n) is 6.47. The third kappa shape index (κ3) is 3.78. The summed E-state index contributed by atoms with van der Waals surface area (Å²) in [5, 5.41) is 10.5. The molecule has 0 bridgehead atoms. The van der Waals surface area contributed by atoms with Gasteiger partial charge in [0.15, 0.2) is 0 Å². The molecule has 7 heteroatoms. The summed E-state index contributed by atoms with van der Waals surface area (Å²) in [7, 11) is 0. The molecule has 0 N–H and O–H groups in total. The third-order valence-electron chi connectivity index (χ3n) is 3.09. The molecule has 0 aliphatic heterocycles. The van der Waals surface area contributed by atoms with Gasteiger partial charge in [0.1, 0.15) is 12.4 Å². The van der Waals surface area contributed by atoms with E-state index in [4.69, 9.17) is 9.47 Å². The Morgan fingerprint density at radius 2 is 1.91 bits per heavy atom. The van der Waals surface area contributed by atoms with Gasteiger partial charge in [0.2, 0.25) is 0 Å². The Hall–Kier alpha value is -2.96. The van der Waals surface area contributed by atoms with Gasteiger partial charge in [-0.1, -0.05) is 0 Å². The van der Waals surface area contributed by atoms with E-state index in [-0.39, 0.29) is 18.0 Å². The Balaban J connectivity index is 1.94. The lowest BCUT2D eigenvalue weighted by Crippen LogP contribution is -2.11. The zero-order valence-electron chi connectivity index (χ0n) is 12.1. The number of nitrogens with zero attached hydrogens (tertiary/aromatic N) is 2. The van der Waals surface area contributed by atoms with E-state index in [1.54, 1.807) is 6.20 Å². The molecule has 1 aromatic heterocycles. The number of nitro benzene ring substituents is 1. The third-order valence-corrected chi connectivity index (χ3v) is 3.09. The van der Waals surface area contributed by atoms with Gasteiger partial charge in [0.05, 0.1) is 4.92 Å². The number of ether oxygens (including phenoxy) is 2. The summed E-state index contributed by atoms with van der Waals surface area (Å²) in [6, 6.07) is 6.99. The van der Waals surface area contributed by atoms with Gasteiger partial charge < -0.3 is 9.47 Å². The molecule has 0 saturated heterocycles. The van der Waals surface area contributed by atoms with Crippen LogP contribution in [-0.4, -0.2) is 16.1 Å². The summed E-state index contributed by atoms with van der Waals surface area (Å²) < 4.78 is 9.98. The smallest absolute Gasteiger partial charge is 0.429 e. The Morgan fingerprint density at radius 1 is 1.23 bits per heavy atom. The van der Waals surface area contributed by atoms with Crippen LogP contribution < -0.4 is 4.74 Å². The predicted octanol–water partition coefficient (Wildman–Crippen LogP) is 3.32. The molecule has 0 unspecified atom stereocenters. The van der Waals surface area contributed by atoms with Gasteiger partial charge in [-0.05, 0) is 37.6 Å². The van der Waals surface area contributed by atoms with E-state index < -0.39 is 11.1 Å². The standard InChI is InChI=1S/C15H14N2O5/c1-10-7-8-16-11(2)14(10)9-21-15(18)22-13-5-3-12(4-6-13)17(19)20/h3-8H,9H2,1-2H3. The van der Waals surface area contributed by atoms with Crippen molar-refractivity contribution in [3.8, 4) is 5.75 Å². The van der Waals surface area contributed by atoms with E-state index in [0.717, 1.165) is 16.8 Å². The van der Waals surface area contributed by atoms with Crippen LogP contribution in [0.2, 0.25) is 0 Å². The van der Waals surface area contributed by atoms with Gasteiger partial charge >= 0.3 is 6.16 Å². The van der Waals surface area contributed by atoms with E-state index in [1.165, 1.54) is 24.3 Å². The number of benzene rings is 1. The summed E-state index contributed by atoms with van der Waals surface area (Å²) in [6.45, 7) is 3.78. The van der Waals surface area contributed by atoms with Crippen LogP contribution in [0.15, 0.2) is 36.5 Å². The van der Waals surface area contributed by atoms with Gasteiger partial charge in [-0.3, -0.25) is 15.1 Å². The first kappa shape index (κ1) is 15.4. The molecule has 0 fully saturated rings. The highest BCUT2D eigenvalue weighted by Gasteiger charge is 2.11. The first-order valence-corrected chi connectivity index (χ1v) is 6.47. The van der Waals surface area contributed by atoms with E-state index >= 15 is 0 Å². The summed E-state index contributed by atoms with van der Waals surface area (Å²) in [6.07, 6.45) is 0.806. The highest BCUT2D eigenvalue weighted by molar-refractivity contribution is 5.64. The number of carbonyl (C=O) groups is 1. The van der Waals surface area contributed by atoms with Crippen molar-refractivity contribution in [3.63, 3.8) is 0 Å². The van der Waals surface area contributed by atoms with Crippen LogP contribution in [0.3, 0.4) is 0 Å². The summed E-state index contributed by atoms with van der Waals surface area (Å²) in [5.41, 5.74) is 2.49. The Morgan fingerprint density at radius 3 is 2.50 bits per heavy atom. The molecule has 7 nitrogen and oxygen atoms in total. The molecule has 0 amide bonds. The molecule has 0 atom stereocenters. The molecule has 0 aliphatic carbocycles. The summed E-state index contributed by atoms with van der Waals surface area (Å²) in [4.78, 5) is 25.8. The van der Waals surface area contributed by atoms with Gasteiger partial charge in [-0.15, -0.1) is 0 Å². The number of hydrogen-bond donors (Lipinski definition) is 0. The van der Waals surface area contributed by atoms with Crippen LogP contribution in [-0.2, 0) is 11.3 Å². The molecule has 1 aromatic carbocycles. The first-order chi connectivity index (χ1) is 10.5. The van der Waals surface area contributed by atoms with E-state index in [1.807, 2.05) is 19.9 Å². The Kier molecular flexibility index (Phi) is 4.67. The second kappa shape index (κ2) is 6.66. The number of carbonyl (C=O) groups excluding carboxylic acids is 1. The fourth-order valence-electron chi connectivity index (χ4n) is 1.84. The van der Waals surface area contributed by atoms with E-state index in [0.29, 0.717) is 0 Å². The second-order valence-electron chi connectivity index (χ2n) is 4.58. The van der Waals surface area contributed by atoms with Crippen molar-refractivity contribution in [2.24, 2.45) is 0 Å². The predicted molar refractivity (Wildman–Crippen MR) is 77.6 cm³/mol. The zero-order valence-corrected chi connectivity index (χ0v) is 12.1.